The maximum Gasteiger partial charge on any atom is 0.305 e. The SMILES string of the molecule is O=C(O)C[C@H](Cc1ccccc1)NC(=O)[C@@H](CC(=O)[C@@H]1CC[C@@H]2CC[C@H](NC(=O)Cc3ccccc3)C(=O)N21)Cc1cccnc1. The molecule has 0 unspecified atom stereocenters. The van der Waals surface area contributed by atoms with E-state index in [4.69, 9.17) is 0 Å². The molecule has 10 heteroatoms. The zero-order chi connectivity index (χ0) is 32.5. The number of aliphatic carboxylic acids is 1. The van der Waals surface area contributed by atoms with Crippen LogP contribution in [0.1, 0.15) is 55.2 Å². The van der Waals surface area contributed by atoms with Crippen molar-refractivity contribution in [1.82, 2.24) is 20.5 Å². The quantitative estimate of drug-likeness (QED) is 0.250. The molecule has 2 aliphatic rings. The second kappa shape index (κ2) is 15.4. The van der Waals surface area contributed by atoms with E-state index in [0.717, 1.165) is 16.7 Å². The molecule has 0 spiro atoms. The van der Waals surface area contributed by atoms with Crippen molar-refractivity contribution >= 4 is 29.5 Å². The molecule has 0 aliphatic carbocycles. The highest BCUT2D eigenvalue weighted by Crippen LogP contribution is 2.34. The number of aromatic nitrogens is 1. The molecule has 240 valence electrons. The Hall–Kier alpha value is -4.86. The van der Waals surface area contributed by atoms with Crippen LogP contribution in [0.2, 0.25) is 0 Å². The second-order valence-corrected chi connectivity index (χ2v) is 12.3. The zero-order valence-corrected chi connectivity index (χ0v) is 25.7. The molecule has 3 aromatic rings. The average Bonchev–Trinajstić information content (AvgIpc) is 3.48. The van der Waals surface area contributed by atoms with E-state index in [9.17, 15) is 29.1 Å². The van der Waals surface area contributed by atoms with Crippen molar-refractivity contribution in [3.63, 3.8) is 0 Å². The lowest BCUT2D eigenvalue weighted by atomic mass is 9.90. The third-order valence-corrected chi connectivity index (χ3v) is 8.87. The average molecular weight is 625 g/mol. The Morgan fingerprint density at radius 2 is 1.50 bits per heavy atom. The van der Waals surface area contributed by atoms with E-state index in [1.54, 1.807) is 23.4 Å². The van der Waals surface area contributed by atoms with Gasteiger partial charge < -0.3 is 20.6 Å². The molecule has 46 heavy (non-hydrogen) atoms. The number of carboxylic acids is 1. The third-order valence-electron chi connectivity index (χ3n) is 8.87. The standard InChI is InChI=1S/C36H40N4O6/c41-32(31-16-14-29-13-15-30(36(46)40(29)31)39-33(42)20-25-10-5-2-6-11-25)21-27(18-26-12-7-17-37-23-26)35(45)38-28(22-34(43)44)19-24-8-3-1-4-9-24/h1-12,17,23,27-31H,13-16,18-22H2,(H,38,45)(H,39,42)(H,43,44)/t27-,28+,29+,30+,31+/m1/s1. The number of fused-ring (bicyclic) bond motifs is 1. The first-order valence-corrected chi connectivity index (χ1v) is 15.9. The number of carboxylic acid groups (broad SMARTS) is 1. The van der Waals surface area contributed by atoms with Crippen molar-refractivity contribution in [3.05, 3.63) is 102 Å². The van der Waals surface area contributed by atoms with Crippen LogP contribution in [0, 0.1) is 5.92 Å². The van der Waals surface area contributed by atoms with Crippen molar-refractivity contribution in [3.8, 4) is 0 Å². The van der Waals surface area contributed by atoms with E-state index < -0.39 is 35.9 Å². The van der Waals surface area contributed by atoms with Crippen LogP contribution in [-0.2, 0) is 43.2 Å². The summed E-state index contributed by atoms with van der Waals surface area (Å²) in [5, 5.41) is 15.3. The summed E-state index contributed by atoms with van der Waals surface area (Å²) in [5.41, 5.74) is 2.51. The van der Waals surface area contributed by atoms with Crippen molar-refractivity contribution in [2.24, 2.45) is 5.92 Å². The van der Waals surface area contributed by atoms with Gasteiger partial charge in [0.2, 0.25) is 17.7 Å². The minimum Gasteiger partial charge on any atom is -0.481 e. The van der Waals surface area contributed by atoms with Crippen molar-refractivity contribution in [2.75, 3.05) is 0 Å². The molecular weight excluding hydrogens is 584 g/mol. The number of piperidine rings is 1. The molecule has 10 nitrogen and oxygen atoms in total. The summed E-state index contributed by atoms with van der Waals surface area (Å²) < 4.78 is 0. The van der Waals surface area contributed by atoms with Crippen molar-refractivity contribution in [2.45, 2.75) is 82.0 Å². The van der Waals surface area contributed by atoms with E-state index >= 15 is 0 Å². The summed E-state index contributed by atoms with van der Waals surface area (Å²) in [4.78, 5) is 71.5. The molecule has 1 aromatic heterocycles. The minimum atomic E-state index is -1.04. The van der Waals surface area contributed by atoms with Crippen LogP contribution in [-0.4, -0.2) is 68.6 Å². The first kappa shape index (κ1) is 32.5. The number of rotatable bonds is 14. The molecule has 3 amide bonds. The first-order valence-electron chi connectivity index (χ1n) is 15.9. The van der Waals surface area contributed by atoms with Gasteiger partial charge in [0, 0.05) is 36.8 Å². The van der Waals surface area contributed by atoms with Gasteiger partial charge in [0.25, 0.3) is 0 Å². The molecular formula is C36H40N4O6. The number of benzene rings is 2. The Bertz CT molecular complexity index is 1520. The van der Waals surface area contributed by atoms with Gasteiger partial charge in [0.15, 0.2) is 5.78 Å². The van der Waals surface area contributed by atoms with Gasteiger partial charge in [0.05, 0.1) is 18.9 Å². The van der Waals surface area contributed by atoms with Gasteiger partial charge in [0.1, 0.15) is 6.04 Å². The lowest BCUT2D eigenvalue weighted by molar-refractivity contribution is -0.146. The molecule has 3 heterocycles. The number of Topliss-reactive ketones (excluding diaryl/α,β-unsaturated/α-hetero) is 1. The first-order chi connectivity index (χ1) is 22.3. The summed E-state index contributed by atoms with van der Waals surface area (Å²) in [6, 6.07) is 20.1. The highest BCUT2D eigenvalue weighted by molar-refractivity contribution is 5.96. The predicted octanol–water partition coefficient (Wildman–Crippen LogP) is 3.28. The topological polar surface area (TPSA) is 146 Å². The molecule has 3 N–H and O–H groups in total. The van der Waals surface area contributed by atoms with Crippen LogP contribution >= 0.6 is 0 Å². The van der Waals surface area contributed by atoms with Crippen molar-refractivity contribution < 1.29 is 29.1 Å². The number of pyridine rings is 1. The fraction of sp³-hybridized carbons (Fsp3) is 0.389. The number of carbonyl (C=O) groups is 5. The van der Waals surface area contributed by atoms with Gasteiger partial charge >= 0.3 is 5.97 Å². The highest BCUT2D eigenvalue weighted by atomic mass is 16.4. The van der Waals surface area contributed by atoms with Crippen LogP contribution in [0.4, 0.5) is 0 Å². The van der Waals surface area contributed by atoms with Gasteiger partial charge in [-0.05, 0) is 61.3 Å². The summed E-state index contributed by atoms with van der Waals surface area (Å²) in [6.45, 7) is 0. The molecule has 0 saturated carbocycles. The Kier molecular flexibility index (Phi) is 10.9. The second-order valence-electron chi connectivity index (χ2n) is 12.3. The number of ketones is 1. The summed E-state index contributed by atoms with van der Waals surface area (Å²) in [5.74, 6) is -2.95. The smallest absolute Gasteiger partial charge is 0.305 e. The molecule has 2 aliphatic heterocycles. The fourth-order valence-electron chi connectivity index (χ4n) is 6.68. The Morgan fingerprint density at radius 3 is 2.17 bits per heavy atom. The van der Waals surface area contributed by atoms with E-state index in [0.29, 0.717) is 32.1 Å². The van der Waals surface area contributed by atoms with Crippen LogP contribution in [0.15, 0.2) is 85.2 Å². The van der Waals surface area contributed by atoms with Gasteiger partial charge in [-0.2, -0.15) is 0 Å². The summed E-state index contributed by atoms with van der Waals surface area (Å²) in [6.07, 6.45) is 6.00. The maximum atomic E-state index is 13.9. The molecule has 2 aromatic carbocycles. The molecule has 5 atom stereocenters. The molecule has 0 bridgehead atoms. The fourth-order valence-corrected chi connectivity index (χ4v) is 6.68. The van der Waals surface area contributed by atoms with Gasteiger partial charge in [-0.3, -0.25) is 29.0 Å². The molecule has 0 radical (unpaired) electrons. The predicted molar refractivity (Wildman–Crippen MR) is 170 cm³/mol. The van der Waals surface area contributed by atoms with Gasteiger partial charge in [-0.25, -0.2) is 0 Å². The number of nitrogens with zero attached hydrogens (tertiary/aromatic N) is 2. The van der Waals surface area contributed by atoms with E-state index in [-0.39, 0.29) is 49.3 Å². The Balaban J connectivity index is 1.28. The van der Waals surface area contributed by atoms with Gasteiger partial charge in [-0.1, -0.05) is 66.7 Å². The number of carbonyl (C=O) groups excluding carboxylic acids is 4. The number of amides is 3. The van der Waals surface area contributed by atoms with Crippen LogP contribution in [0.5, 0.6) is 0 Å². The van der Waals surface area contributed by atoms with Crippen LogP contribution in [0.25, 0.3) is 0 Å². The summed E-state index contributed by atoms with van der Waals surface area (Å²) in [7, 11) is 0. The number of nitrogens with one attached hydrogen (secondary N) is 2. The number of hydrogen-bond acceptors (Lipinski definition) is 6. The normalized spacial score (nSPS) is 20.3. The zero-order valence-electron chi connectivity index (χ0n) is 25.7. The molecule has 5 rings (SSSR count). The maximum absolute atomic E-state index is 13.9. The van der Waals surface area contributed by atoms with Crippen LogP contribution in [0.3, 0.4) is 0 Å². The van der Waals surface area contributed by atoms with Gasteiger partial charge in [-0.15, -0.1) is 0 Å². The Labute approximate surface area is 268 Å². The van der Waals surface area contributed by atoms with Crippen LogP contribution < -0.4 is 10.6 Å². The van der Waals surface area contributed by atoms with Crippen molar-refractivity contribution in [1.29, 1.82) is 0 Å². The lowest BCUT2D eigenvalue weighted by Gasteiger charge is -2.38. The Morgan fingerprint density at radius 1 is 0.826 bits per heavy atom. The summed E-state index contributed by atoms with van der Waals surface area (Å²) >= 11 is 0. The monoisotopic (exact) mass is 624 g/mol. The molecule has 2 fully saturated rings. The van der Waals surface area contributed by atoms with E-state index in [1.807, 2.05) is 66.7 Å². The third kappa shape index (κ3) is 8.65. The van der Waals surface area contributed by atoms with E-state index in [1.165, 1.54) is 0 Å². The minimum absolute atomic E-state index is 0.0832. The largest absolute Gasteiger partial charge is 0.481 e. The highest BCUT2D eigenvalue weighted by Gasteiger charge is 2.46. The lowest BCUT2D eigenvalue weighted by Crippen LogP contribution is -2.57. The van der Waals surface area contributed by atoms with E-state index in [2.05, 4.69) is 15.6 Å². The number of hydrogen-bond donors (Lipinski definition) is 3. The molecule has 2 saturated heterocycles.